The Hall–Kier alpha value is 0.270. The van der Waals surface area contributed by atoms with Crippen LogP contribution in [0.3, 0.4) is 0 Å². The Balaban J connectivity index is 1.48. The molecule has 7 unspecified atom stereocenters. The number of thioether (sulfide) groups is 1. The van der Waals surface area contributed by atoms with Crippen LogP contribution in [0.5, 0.6) is 0 Å². The zero-order chi connectivity index (χ0) is 17.6. The van der Waals surface area contributed by atoms with E-state index in [1.54, 1.807) is 0 Å². The van der Waals surface area contributed by atoms with Gasteiger partial charge in [-0.25, -0.2) is 0 Å². The maximum atomic E-state index is 6.18. The van der Waals surface area contributed by atoms with Gasteiger partial charge < -0.3 is 9.47 Å². The molecule has 0 aromatic rings. The van der Waals surface area contributed by atoms with Crippen molar-refractivity contribution in [1.29, 1.82) is 0 Å². The third-order valence-electron chi connectivity index (χ3n) is 7.06. The van der Waals surface area contributed by atoms with Gasteiger partial charge in [0.1, 0.15) is 0 Å². The Morgan fingerprint density at radius 1 is 0.920 bits per heavy atom. The van der Waals surface area contributed by atoms with Gasteiger partial charge in [-0.3, -0.25) is 0 Å². The molecule has 3 aliphatic rings. The molecule has 0 radical (unpaired) electrons. The second kappa shape index (κ2) is 9.99. The van der Waals surface area contributed by atoms with Crippen molar-refractivity contribution < 1.29 is 9.47 Å². The van der Waals surface area contributed by atoms with Gasteiger partial charge in [0.15, 0.2) is 0 Å². The van der Waals surface area contributed by atoms with Crippen LogP contribution in [-0.2, 0) is 9.47 Å². The molecule has 3 heteroatoms. The molecule has 0 amide bonds. The third-order valence-corrected chi connectivity index (χ3v) is 9.04. The number of fused-ring (bicyclic) bond motifs is 3. The predicted molar refractivity (Wildman–Crippen MR) is 108 cm³/mol. The molecule has 146 valence electrons. The smallest absolute Gasteiger partial charge is 0.0585 e. The highest BCUT2D eigenvalue weighted by Crippen LogP contribution is 2.57. The molecule has 2 saturated carbocycles. The average molecular weight is 369 g/mol. The Morgan fingerprint density at radius 3 is 2.48 bits per heavy atom. The molecular weight excluding hydrogens is 328 g/mol. The van der Waals surface area contributed by atoms with Crippen molar-refractivity contribution in [3.63, 3.8) is 0 Å². The van der Waals surface area contributed by atoms with Crippen LogP contribution < -0.4 is 0 Å². The standard InChI is InChI=1S/C22H40O2S/c1-4-6-12-23-15-17-8-10-20-19-11-9-18(24-13-7-5-2)14-21(19)25-22(20)16(17)3/h16-22H,4-15H2,1-3H3. The van der Waals surface area contributed by atoms with E-state index in [0.717, 1.165) is 54.0 Å². The van der Waals surface area contributed by atoms with Crippen LogP contribution in [0.1, 0.15) is 78.6 Å². The van der Waals surface area contributed by atoms with Crippen LogP contribution in [0.2, 0.25) is 0 Å². The van der Waals surface area contributed by atoms with Crippen LogP contribution in [0.15, 0.2) is 0 Å². The van der Waals surface area contributed by atoms with Crippen molar-refractivity contribution in [1.82, 2.24) is 0 Å². The average Bonchev–Trinajstić information content (AvgIpc) is 2.99. The summed E-state index contributed by atoms with van der Waals surface area (Å²) in [7, 11) is 0. The van der Waals surface area contributed by atoms with Crippen LogP contribution in [0, 0.1) is 23.7 Å². The van der Waals surface area contributed by atoms with Crippen molar-refractivity contribution in [3.8, 4) is 0 Å². The van der Waals surface area contributed by atoms with Crippen molar-refractivity contribution in [2.75, 3.05) is 19.8 Å². The predicted octanol–water partition coefficient (Wildman–Crippen LogP) is 5.93. The van der Waals surface area contributed by atoms with Crippen molar-refractivity contribution in [2.24, 2.45) is 23.7 Å². The summed E-state index contributed by atoms with van der Waals surface area (Å²) in [6.45, 7) is 9.95. The normalized spacial score (nSPS) is 40.7. The van der Waals surface area contributed by atoms with Crippen molar-refractivity contribution in [2.45, 2.75) is 95.2 Å². The van der Waals surface area contributed by atoms with Crippen LogP contribution in [-0.4, -0.2) is 36.4 Å². The quantitative estimate of drug-likeness (QED) is 0.470. The van der Waals surface area contributed by atoms with E-state index in [1.807, 2.05) is 0 Å². The Bertz CT molecular complexity index is 388. The maximum Gasteiger partial charge on any atom is 0.0585 e. The number of hydrogen-bond donors (Lipinski definition) is 0. The minimum atomic E-state index is 0.545. The Kier molecular flexibility index (Phi) is 8.00. The van der Waals surface area contributed by atoms with Crippen LogP contribution >= 0.6 is 11.8 Å². The molecule has 2 nitrogen and oxygen atoms in total. The van der Waals surface area contributed by atoms with E-state index in [4.69, 9.17) is 9.47 Å². The number of rotatable bonds is 9. The van der Waals surface area contributed by atoms with Gasteiger partial charge in [0, 0.05) is 30.3 Å². The van der Waals surface area contributed by atoms with Gasteiger partial charge in [0.25, 0.3) is 0 Å². The molecule has 2 aliphatic carbocycles. The molecule has 3 rings (SSSR count). The summed E-state index contributed by atoms with van der Waals surface area (Å²) >= 11 is 2.34. The van der Waals surface area contributed by atoms with E-state index in [9.17, 15) is 0 Å². The van der Waals surface area contributed by atoms with E-state index in [1.165, 1.54) is 57.8 Å². The van der Waals surface area contributed by atoms with E-state index < -0.39 is 0 Å². The SMILES string of the molecule is CCCCOCC1CCC2C3CCC(OCCCC)CC3SC2C1C. The molecular formula is C22H40O2S. The zero-order valence-corrected chi connectivity index (χ0v) is 17.6. The number of ether oxygens (including phenoxy) is 2. The largest absolute Gasteiger partial charge is 0.381 e. The first-order valence-corrected chi connectivity index (χ1v) is 12.0. The molecule has 1 aliphatic heterocycles. The van der Waals surface area contributed by atoms with Gasteiger partial charge in [-0.15, -0.1) is 0 Å². The minimum Gasteiger partial charge on any atom is -0.381 e. The van der Waals surface area contributed by atoms with Gasteiger partial charge in [-0.1, -0.05) is 33.6 Å². The van der Waals surface area contributed by atoms with Gasteiger partial charge in [0.05, 0.1) is 6.10 Å². The van der Waals surface area contributed by atoms with Gasteiger partial charge in [0.2, 0.25) is 0 Å². The second-order valence-electron chi connectivity index (χ2n) is 8.75. The number of unbranched alkanes of at least 4 members (excludes halogenated alkanes) is 2. The summed E-state index contributed by atoms with van der Waals surface area (Å²) in [5, 5.41) is 1.76. The summed E-state index contributed by atoms with van der Waals surface area (Å²) < 4.78 is 12.2. The lowest BCUT2D eigenvalue weighted by atomic mass is 9.67. The molecule has 0 N–H and O–H groups in total. The first-order valence-electron chi connectivity index (χ1n) is 11.1. The summed E-state index contributed by atoms with van der Waals surface area (Å²) in [6, 6.07) is 0. The van der Waals surface area contributed by atoms with Crippen LogP contribution in [0.25, 0.3) is 0 Å². The molecule has 1 heterocycles. The monoisotopic (exact) mass is 368 g/mol. The van der Waals surface area contributed by atoms with Crippen molar-refractivity contribution in [3.05, 3.63) is 0 Å². The van der Waals surface area contributed by atoms with E-state index in [-0.39, 0.29) is 0 Å². The summed E-state index contributed by atoms with van der Waals surface area (Å²) in [5.74, 6) is 3.58. The lowest BCUT2D eigenvalue weighted by molar-refractivity contribution is 0.00723. The first-order chi connectivity index (χ1) is 12.2. The first kappa shape index (κ1) is 20.0. The highest BCUT2D eigenvalue weighted by Gasteiger charge is 2.51. The molecule has 3 fully saturated rings. The third kappa shape index (κ3) is 4.96. The summed E-state index contributed by atoms with van der Waals surface area (Å²) in [6.07, 6.45) is 12.4. The molecule has 1 saturated heterocycles. The van der Waals surface area contributed by atoms with Gasteiger partial charge in [-0.05, 0) is 68.6 Å². The lowest BCUT2D eigenvalue weighted by Gasteiger charge is -2.40. The Morgan fingerprint density at radius 2 is 1.68 bits per heavy atom. The fourth-order valence-electron chi connectivity index (χ4n) is 5.40. The molecule has 7 atom stereocenters. The van der Waals surface area contributed by atoms with Crippen molar-refractivity contribution >= 4 is 11.8 Å². The highest BCUT2D eigenvalue weighted by molar-refractivity contribution is 8.00. The van der Waals surface area contributed by atoms with E-state index >= 15 is 0 Å². The number of hydrogen-bond acceptors (Lipinski definition) is 3. The fourth-order valence-corrected chi connectivity index (χ4v) is 7.68. The second-order valence-corrected chi connectivity index (χ2v) is 10.2. The molecule has 0 bridgehead atoms. The van der Waals surface area contributed by atoms with E-state index in [2.05, 4.69) is 32.5 Å². The summed E-state index contributed by atoms with van der Waals surface area (Å²) in [5.41, 5.74) is 0. The lowest BCUT2D eigenvalue weighted by Crippen LogP contribution is -2.38. The van der Waals surface area contributed by atoms with E-state index in [0.29, 0.717) is 6.10 Å². The fraction of sp³-hybridized carbons (Fsp3) is 1.00. The molecule has 25 heavy (non-hydrogen) atoms. The molecule has 0 aromatic heterocycles. The highest BCUT2D eigenvalue weighted by atomic mass is 32.2. The topological polar surface area (TPSA) is 18.5 Å². The molecule has 0 aromatic carbocycles. The maximum absolute atomic E-state index is 6.18. The van der Waals surface area contributed by atoms with Gasteiger partial charge in [-0.2, -0.15) is 11.8 Å². The zero-order valence-electron chi connectivity index (χ0n) is 16.8. The summed E-state index contributed by atoms with van der Waals surface area (Å²) in [4.78, 5) is 0. The van der Waals surface area contributed by atoms with Crippen LogP contribution in [0.4, 0.5) is 0 Å². The molecule has 0 spiro atoms. The Labute approximate surface area is 160 Å². The minimum absolute atomic E-state index is 0.545. The van der Waals surface area contributed by atoms with Gasteiger partial charge >= 0.3 is 0 Å².